The number of nitrogens with one attached hydrogen (secondary N) is 2. The lowest BCUT2D eigenvalue weighted by Gasteiger charge is -2.28. The van der Waals surface area contributed by atoms with E-state index in [4.69, 9.17) is 5.41 Å². The fraction of sp³-hybridized carbons (Fsp3) is 0.577. The molecule has 0 saturated carbocycles. The molecule has 1 aliphatic rings. The summed E-state index contributed by atoms with van der Waals surface area (Å²) >= 11 is 0. The van der Waals surface area contributed by atoms with Gasteiger partial charge in [-0.2, -0.15) is 0 Å². The number of nitrogens with zero attached hydrogens (tertiary/aromatic N) is 2. The monoisotopic (exact) mass is 518 g/mol. The van der Waals surface area contributed by atoms with E-state index < -0.39 is 0 Å². The van der Waals surface area contributed by atoms with Crippen molar-refractivity contribution >= 4 is 28.6 Å². The summed E-state index contributed by atoms with van der Waals surface area (Å²) in [6, 6.07) is 3.67. The molecular formula is C26H39BrN4O2. The number of halogens is 1. The second kappa shape index (κ2) is 10.00. The Morgan fingerprint density at radius 1 is 1.18 bits per heavy atom. The molecule has 2 heterocycles. The van der Waals surface area contributed by atoms with Crippen molar-refractivity contribution in [3.8, 4) is 5.75 Å². The number of benzene rings is 1. The SMILES string of the molecule is Br.CCC[C@H]1CN(CC(=O)c2cc(C(C)(C)C)c(O)c(C(C)(C)C)c2)C(=N)[C@@H]1c1cnc[nH]1. The molecule has 182 valence electrons. The van der Waals surface area contributed by atoms with Gasteiger partial charge in [-0.25, -0.2) is 4.98 Å². The number of ketones is 1. The Hall–Kier alpha value is -2.15. The maximum Gasteiger partial charge on any atom is 0.182 e. The number of aromatic amines is 1. The molecule has 1 saturated heterocycles. The first-order chi connectivity index (χ1) is 14.8. The van der Waals surface area contributed by atoms with Crippen LogP contribution in [0.25, 0.3) is 0 Å². The summed E-state index contributed by atoms with van der Waals surface area (Å²) in [5, 5.41) is 19.8. The van der Waals surface area contributed by atoms with E-state index in [2.05, 4.69) is 16.9 Å². The molecule has 1 aromatic heterocycles. The zero-order chi connectivity index (χ0) is 23.8. The summed E-state index contributed by atoms with van der Waals surface area (Å²) in [6.07, 6.45) is 5.47. The standard InChI is InChI=1S/C26H38N4O2.BrH/c1-8-9-16-13-30(24(27)22(16)20-12-28-15-29-20)14-21(31)17-10-18(25(2,3)4)23(32)19(11-17)26(5,6)7;/h10-12,15-16,22,27,32H,8-9,13-14H2,1-7H3,(H,28,29);1H/t16-,22-;/m0./s1. The molecule has 2 atom stereocenters. The van der Waals surface area contributed by atoms with Gasteiger partial charge >= 0.3 is 0 Å². The van der Waals surface area contributed by atoms with E-state index in [-0.39, 0.29) is 57.7 Å². The van der Waals surface area contributed by atoms with Gasteiger partial charge in [-0.3, -0.25) is 10.2 Å². The van der Waals surface area contributed by atoms with E-state index in [0.29, 0.717) is 17.9 Å². The Labute approximate surface area is 208 Å². The fourth-order valence-corrected chi connectivity index (χ4v) is 4.73. The molecule has 33 heavy (non-hydrogen) atoms. The minimum absolute atomic E-state index is 0. The molecule has 0 bridgehead atoms. The predicted molar refractivity (Wildman–Crippen MR) is 139 cm³/mol. The Morgan fingerprint density at radius 3 is 2.21 bits per heavy atom. The van der Waals surface area contributed by atoms with Gasteiger partial charge in [-0.1, -0.05) is 54.9 Å². The Morgan fingerprint density at radius 2 is 1.76 bits per heavy atom. The van der Waals surface area contributed by atoms with E-state index in [1.54, 1.807) is 12.5 Å². The lowest BCUT2D eigenvalue weighted by atomic mass is 9.78. The summed E-state index contributed by atoms with van der Waals surface area (Å²) in [5.74, 6) is 0.965. The zero-order valence-corrected chi connectivity index (χ0v) is 22.7. The number of rotatable bonds is 6. The van der Waals surface area contributed by atoms with Crippen molar-refractivity contribution in [1.29, 1.82) is 5.41 Å². The third kappa shape index (κ3) is 5.68. The second-order valence-corrected chi connectivity index (χ2v) is 11.1. The summed E-state index contributed by atoms with van der Waals surface area (Å²) < 4.78 is 0. The lowest BCUT2D eigenvalue weighted by molar-refractivity contribution is 0.0963. The highest BCUT2D eigenvalue weighted by Gasteiger charge is 2.39. The number of amidine groups is 1. The first kappa shape index (κ1) is 27.1. The van der Waals surface area contributed by atoms with Crippen LogP contribution in [0.5, 0.6) is 5.75 Å². The molecular weight excluding hydrogens is 480 g/mol. The normalized spacial score (nSPS) is 19.0. The maximum absolute atomic E-state index is 13.4. The topological polar surface area (TPSA) is 93.1 Å². The molecule has 3 rings (SSSR count). The first-order valence-electron chi connectivity index (χ1n) is 11.6. The van der Waals surface area contributed by atoms with Gasteiger partial charge in [0, 0.05) is 35.1 Å². The van der Waals surface area contributed by atoms with Gasteiger partial charge in [0.2, 0.25) is 0 Å². The largest absolute Gasteiger partial charge is 0.507 e. The van der Waals surface area contributed by atoms with Crippen LogP contribution in [0, 0.1) is 11.3 Å². The third-order valence-electron chi connectivity index (χ3n) is 6.46. The van der Waals surface area contributed by atoms with Crippen molar-refractivity contribution in [2.24, 2.45) is 5.92 Å². The molecule has 1 fully saturated rings. The summed E-state index contributed by atoms with van der Waals surface area (Å²) in [6.45, 7) is 15.3. The van der Waals surface area contributed by atoms with Gasteiger partial charge in [0.25, 0.3) is 0 Å². The van der Waals surface area contributed by atoms with Crippen LogP contribution in [0.2, 0.25) is 0 Å². The molecule has 0 unspecified atom stereocenters. The van der Waals surface area contributed by atoms with Crippen LogP contribution in [0.1, 0.15) is 94.4 Å². The van der Waals surface area contributed by atoms with Crippen LogP contribution in [0.4, 0.5) is 0 Å². The van der Waals surface area contributed by atoms with E-state index in [0.717, 1.165) is 29.7 Å². The molecule has 2 aromatic rings. The van der Waals surface area contributed by atoms with Crippen molar-refractivity contribution in [3.05, 3.63) is 47.0 Å². The Kier molecular flexibility index (Phi) is 8.21. The number of H-pyrrole nitrogens is 1. The number of phenols is 1. The van der Waals surface area contributed by atoms with E-state index in [1.165, 1.54) is 0 Å². The highest BCUT2D eigenvalue weighted by atomic mass is 79.9. The van der Waals surface area contributed by atoms with Crippen LogP contribution in [-0.4, -0.2) is 44.7 Å². The van der Waals surface area contributed by atoms with Crippen LogP contribution in [0.15, 0.2) is 24.7 Å². The number of hydrogen-bond donors (Lipinski definition) is 3. The number of imidazole rings is 1. The minimum Gasteiger partial charge on any atom is -0.507 e. The van der Waals surface area contributed by atoms with Crippen molar-refractivity contribution in [1.82, 2.24) is 14.9 Å². The number of Topliss-reactive ketones (excluding diaryl/α,β-unsaturated/α-hetero) is 1. The van der Waals surface area contributed by atoms with Crippen LogP contribution in [-0.2, 0) is 10.8 Å². The van der Waals surface area contributed by atoms with Gasteiger partial charge in [0.15, 0.2) is 5.78 Å². The molecule has 7 heteroatoms. The average molecular weight is 520 g/mol. The van der Waals surface area contributed by atoms with E-state index in [1.807, 2.05) is 58.6 Å². The second-order valence-electron chi connectivity index (χ2n) is 11.1. The molecule has 0 amide bonds. The van der Waals surface area contributed by atoms with Crippen molar-refractivity contribution in [2.45, 2.75) is 78.1 Å². The molecule has 1 aliphatic heterocycles. The van der Waals surface area contributed by atoms with Gasteiger partial charge < -0.3 is 15.0 Å². The number of carbonyl (C=O) groups excluding carboxylic acids is 1. The number of phenolic OH excluding ortho intramolecular Hbond substituents is 1. The smallest absolute Gasteiger partial charge is 0.182 e. The molecule has 0 spiro atoms. The zero-order valence-electron chi connectivity index (χ0n) is 21.0. The fourth-order valence-electron chi connectivity index (χ4n) is 4.73. The lowest BCUT2D eigenvalue weighted by Crippen LogP contribution is -2.32. The van der Waals surface area contributed by atoms with E-state index in [9.17, 15) is 9.90 Å². The van der Waals surface area contributed by atoms with Crippen LogP contribution < -0.4 is 0 Å². The number of likely N-dealkylation sites (tertiary alicyclic amines) is 1. The minimum atomic E-state index is -0.293. The highest BCUT2D eigenvalue weighted by Crippen LogP contribution is 2.40. The average Bonchev–Trinajstić information content (AvgIpc) is 3.29. The van der Waals surface area contributed by atoms with Gasteiger partial charge in [-0.05, 0) is 35.3 Å². The predicted octanol–water partition coefficient (Wildman–Crippen LogP) is 5.96. The molecule has 0 aliphatic carbocycles. The Bertz CT molecular complexity index is 952. The summed E-state index contributed by atoms with van der Waals surface area (Å²) in [5.41, 5.74) is 2.52. The molecule has 1 aromatic carbocycles. The maximum atomic E-state index is 13.4. The van der Waals surface area contributed by atoms with Crippen LogP contribution >= 0.6 is 17.0 Å². The quantitative estimate of drug-likeness (QED) is 0.411. The van der Waals surface area contributed by atoms with Gasteiger partial charge in [0.1, 0.15) is 11.6 Å². The molecule has 3 N–H and O–H groups in total. The van der Waals surface area contributed by atoms with Gasteiger partial charge in [0.05, 0.1) is 18.8 Å². The third-order valence-corrected chi connectivity index (χ3v) is 6.46. The van der Waals surface area contributed by atoms with Crippen molar-refractivity contribution in [2.75, 3.05) is 13.1 Å². The number of hydrogen-bond acceptors (Lipinski definition) is 4. The molecule has 6 nitrogen and oxygen atoms in total. The summed E-state index contributed by atoms with van der Waals surface area (Å²) in [7, 11) is 0. The Balaban J connectivity index is 0.00000385. The van der Waals surface area contributed by atoms with E-state index >= 15 is 0 Å². The van der Waals surface area contributed by atoms with Crippen molar-refractivity contribution in [3.63, 3.8) is 0 Å². The molecule has 0 radical (unpaired) electrons. The highest BCUT2D eigenvalue weighted by molar-refractivity contribution is 8.93. The van der Waals surface area contributed by atoms with Crippen molar-refractivity contribution < 1.29 is 9.90 Å². The number of aromatic hydroxyl groups is 1. The van der Waals surface area contributed by atoms with Gasteiger partial charge in [-0.15, -0.1) is 17.0 Å². The first-order valence-corrected chi connectivity index (χ1v) is 11.6. The van der Waals surface area contributed by atoms with Crippen LogP contribution in [0.3, 0.4) is 0 Å². The summed E-state index contributed by atoms with van der Waals surface area (Å²) in [4.78, 5) is 22.7. The number of carbonyl (C=O) groups is 1. The number of aromatic nitrogens is 2.